The summed E-state index contributed by atoms with van der Waals surface area (Å²) in [5, 5.41) is -0.409. The third kappa shape index (κ3) is 3.65. The second-order valence-corrected chi connectivity index (χ2v) is 5.64. The molecule has 19 heavy (non-hydrogen) atoms. The molecule has 0 saturated heterocycles. The molecule has 1 saturated carbocycles. The number of carbonyl (C=O) groups is 1. The van der Waals surface area contributed by atoms with Crippen LogP contribution in [-0.4, -0.2) is 18.3 Å². The molecule has 104 valence electrons. The maximum absolute atomic E-state index is 12.6. The number of hydrogen-bond donors (Lipinski definition) is 0. The molecule has 1 fully saturated rings. The zero-order valence-corrected chi connectivity index (χ0v) is 11.1. The van der Waals surface area contributed by atoms with Gasteiger partial charge in [-0.3, -0.25) is 4.79 Å². The topological polar surface area (TPSA) is 26.3 Å². The van der Waals surface area contributed by atoms with Gasteiger partial charge in [-0.1, -0.05) is 6.07 Å². The summed E-state index contributed by atoms with van der Waals surface area (Å²) < 4.78 is 42.5. The molecule has 0 N–H and O–H groups in total. The van der Waals surface area contributed by atoms with Crippen LogP contribution in [0.25, 0.3) is 0 Å². The smallest absolute Gasteiger partial charge is 0.416 e. The lowest BCUT2D eigenvalue weighted by molar-refractivity contribution is -0.140. The minimum atomic E-state index is -4.36. The SMILES string of the molecule is COC(=O)C(Sc1cccc(C(F)(F)F)c1)C1CC1. The van der Waals surface area contributed by atoms with Crippen LogP contribution in [0.1, 0.15) is 18.4 Å². The van der Waals surface area contributed by atoms with Crippen molar-refractivity contribution >= 4 is 17.7 Å². The van der Waals surface area contributed by atoms with Crippen LogP contribution in [0, 0.1) is 5.92 Å². The first kappa shape index (κ1) is 14.2. The molecule has 0 aliphatic heterocycles. The van der Waals surface area contributed by atoms with Gasteiger partial charge in [0.2, 0.25) is 0 Å². The molecule has 0 radical (unpaired) electrons. The molecule has 6 heteroatoms. The predicted octanol–water partition coefficient (Wildman–Crippen LogP) is 3.75. The summed E-state index contributed by atoms with van der Waals surface area (Å²) in [6.07, 6.45) is -2.52. The van der Waals surface area contributed by atoms with Gasteiger partial charge in [0.1, 0.15) is 5.25 Å². The zero-order valence-electron chi connectivity index (χ0n) is 10.2. The first-order valence-electron chi connectivity index (χ1n) is 5.83. The third-order valence-electron chi connectivity index (χ3n) is 2.91. The molecule has 1 aliphatic rings. The summed E-state index contributed by atoms with van der Waals surface area (Å²) in [6, 6.07) is 5.03. The van der Waals surface area contributed by atoms with Crippen LogP contribution in [0.4, 0.5) is 13.2 Å². The summed E-state index contributed by atoms with van der Waals surface area (Å²) >= 11 is 1.15. The van der Waals surface area contributed by atoms with Gasteiger partial charge < -0.3 is 4.74 Å². The van der Waals surface area contributed by atoms with Crippen molar-refractivity contribution in [3.05, 3.63) is 29.8 Å². The fraction of sp³-hybridized carbons (Fsp3) is 0.462. The summed E-state index contributed by atoms with van der Waals surface area (Å²) in [5.41, 5.74) is -0.697. The number of esters is 1. The number of halogens is 3. The zero-order chi connectivity index (χ0) is 14.0. The Kier molecular flexibility index (Phi) is 4.08. The van der Waals surface area contributed by atoms with E-state index in [-0.39, 0.29) is 11.9 Å². The Morgan fingerprint density at radius 1 is 1.42 bits per heavy atom. The fourth-order valence-corrected chi connectivity index (χ4v) is 3.05. The number of carbonyl (C=O) groups excluding carboxylic acids is 1. The number of ether oxygens (including phenoxy) is 1. The summed E-state index contributed by atoms with van der Waals surface area (Å²) in [6.45, 7) is 0. The lowest BCUT2D eigenvalue weighted by Gasteiger charge is -2.14. The van der Waals surface area contributed by atoms with E-state index in [0.717, 1.165) is 36.7 Å². The molecular weight excluding hydrogens is 277 g/mol. The van der Waals surface area contributed by atoms with E-state index in [2.05, 4.69) is 0 Å². The maximum Gasteiger partial charge on any atom is 0.416 e. The highest BCUT2D eigenvalue weighted by Gasteiger charge is 2.38. The highest BCUT2D eigenvalue weighted by Crippen LogP contribution is 2.43. The molecule has 0 bridgehead atoms. The Bertz CT molecular complexity index is 469. The van der Waals surface area contributed by atoms with Crippen molar-refractivity contribution in [1.29, 1.82) is 0 Å². The Balaban J connectivity index is 2.15. The average molecular weight is 290 g/mol. The summed E-state index contributed by atoms with van der Waals surface area (Å²) in [7, 11) is 1.30. The quantitative estimate of drug-likeness (QED) is 0.624. The summed E-state index contributed by atoms with van der Waals surface area (Å²) in [4.78, 5) is 12.1. The van der Waals surface area contributed by atoms with E-state index < -0.39 is 17.0 Å². The van der Waals surface area contributed by atoms with E-state index in [9.17, 15) is 18.0 Å². The van der Waals surface area contributed by atoms with Gasteiger partial charge in [0.25, 0.3) is 0 Å². The molecule has 1 aromatic carbocycles. The van der Waals surface area contributed by atoms with Gasteiger partial charge in [0.15, 0.2) is 0 Å². The third-order valence-corrected chi connectivity index (χ3v) is 4.27. The van der Waals surface area contributed by atoms with Crippen LogP contribution in [0.15, 0.2) is 29.2 Å². The lowest BCUT2D eigenvalue weighted by Crippen LogP contribution is -2.20. The van der Waals surface area contributed by atoms with Gasteiger partial charge in [0.05, 0.1) is 12.7 Å². The molecule has 0 amide bonds. The molecule has 0 spiro atoms. The first-order valence-corrected chi connectivity index (χ1v) is 6.71. The number of methoxy groups -OCH3 is 1. The predicted molar refractivity (Wildman–Crippen MR) is 65.8 cm³/mol. The van der Waals surface area contributed by atoms with E-state index in [1.165, 1.54) is 13.2 Å². The average Bonchev–Trinajstić information content (AvgIpc) is 3.18. The molecule has 1 aliphatic carbocycles. The Morgan fingerprint density at radius 3 is 2.63 bits per heavy atom. The van der Waals surface area contributed by atoms with E-state index in [4.69, 9.17) is 4.74 Å². The van der Waals surface area contributed by atoms with Crippen molar-refractivity contribution in [1.82, 2.24) is 0 Å². The minimum absolute atomic E-state index is 0.215. The number of hydrogen-bond acceptors (Lipinski definition) is 3. The first-order chi connectivity index (χ1) is 8.91. The highest BCUT2D eigenvalue weighted by molar-refractivity contribution is 8.00. The number of benzene rings is 1. The Labute approximate surface area is 113 Å². The number of thioether (sulfide) groups is 1. The Morgan fingerprint density at radius 2 is 2.11 bits per heavy atom. The van der Waals surface area contributed by atoms with Gasteiger partial charge in [0, 0.05) is 4.90 Å². The molecular formula is C13H13F3O2S. The van der Waals surface area contributed by atoms with Crippen molar-refractivity contribution < 1.29 is 22.7 Å². The van der Waals surface area contributed by atoms with Crippen molar-refractivity contribution in [2.24, 2.45) is 5.92 Å². The summed E-state index contributed by atoms with van der Waals surface area (Å²) in [5.74, 6) is -0.156. The van der Waals surface area contributed by atoms with Crippen LogP contribution in [0.2, 0.25) is 0 Å². The standard InChI is InChI=1S/C13H13F3O2S/c1-18-12(17)11(8-5-6-8)19-10-4-2-3-9(7-10)13(14,15)16/h2-4,7-8,11H,5-6H2,1H3. The molecule has 1 atom stereocenters. The largest absolute Gasteiger partial charge is 0.468 e. The fourth-order valence-electron chi connectivity index (χ4n) is 1.74. The van der Waals surface area contributed by atoms with Crippen LogP contribution in [0.3, 0.4) is 0 Å². The van der Waals surface area contributed by atoms with Crippen molar-refractivity contribution in [2.75, 3.05) is 7.11 Å². The molecule has 1 unspecified atom stereocenters. The van der Waals surface area contributed by atoms with Gasteiger partial charge in [-0.2, -0.15) is 13.2 Å². The van der Waals surface area contributed by atoms with E-state index in [0.29, 0.717) is 4.90 Å². The Hall–Kier alpha value is -1.17. The lowest BCUT2D eigenvalue weighted by atomic mass is 10.2. The van der Waals surface area contributed by atoms with Crippen LogP contribution >= 0.6 is 11.8 Å². The van der Waals surface area contributed by atoms with Crippen LogP contribution < -0.4 is 0 Å². The highest BCUT2D eigenvalue weighted by atomic mass is 32.2. The molecule has 2 nitrogen and oxygen atoms in total. The molecule has 1 aromatic rings. The van der Waals surface area contributed by atoms with Crippen LogP contribution in [-0.2, 0) is 15.7 Å². The van der Waals surface area contributed by atoms with Crippen molar-refractivity contribution in [3.63, 3.8) is 0 Å². The van der Waals surface area contributed by atoms with Crippen molar-refractivity contribution in [2.45, 2.75) is 29.2 Å². The number of alkyl halides is 3. The van der Waals surface area contributed by atoms with Gasteiger partial charge >= 0.3 is 12.1 Å². The minimum Gasteiger partial charge on any atom is -0.468 e. The van der Waals surface area contributed by atoms with Crippen molar-refractivity contribution in [3.8, 4) is 0 Å². The number of rotatable bonds is 4. The second-order valence-electron chi connectivity index (χ2n) is 4.42. The van der Waals surface area contributed by atoms with Gasteiger partial charge in [-0.05, 0) is 37.0 Å². The monoisotopic (exact) mass is 290 g/mol. The molecule has 0 aromatic heterocycles. The molecule has 2 rings (SSSR count). The van der Waals surface area contributed by atoms with Gasteiger partial charge in [-0.25, -0.2) is 0 Å². The van der Waals surface area contributed by atoms with Crippen LogP contribution in [0.5, 0.6) is 0 Å². The van der Waals surface area contributed by atoms with Gasteiger partial charge in [-0.15, -0.1) is 11.8 Å². The van der Waals surface area contributed by atoms with E-state index in [1.54, 1.807) is 6.07 Å². The van der Waals surface area contributed by atoms with E-state index in [1.807, 2.05) is 0 Å². The maximum atomic E-state index is 12.6. The molecule has 0 heterocycles. The normalized spacial score (nSPS) is 17.1. The van der Waals surface area contributed by atoms with E-state index >= 15 is 0 Å². The second kappa shape index (κ2) is 5.45.